The number of aromatic nitrogens is 1. The number of halogens is 1. The zero-order valence-corrected chi connectivity index (χ0v) is 13.8. The summed E-state index contributed by atoms with van der Waals surface area (Å²) in [6.45, 7) is 2.92. The topological polar surface area (TPSA) is 71.5 Å². The summed E-state index contributed by atoms with van der Waals surface area (Å²) in [5.41, 5.74) is 1.46. The van der Waals surface area contributed by atoms with Crippen molar-refractivity contribution in [2.45, 2.75) is 4.90 Å². The number of benzene rings is 1. The number of anilines is 2. The molecule has 1 aliphatic rings. The van der Waals surface area contributed by atoms with Gasteiger partial charge >= 0.3 is 0 Å². The monoisotopic (exact) mass is 353 g/mol. The lowest BCUT2D eigenvalue weighted by molar-refractivity contribution is 0.122. The van der Waals surface area contributed by atoms with E-state index in [-0.39, 0.29) is 10.0 Å². The molecule has 2 heterocycles. The van der Waals surface area contributed by atoms with Crippen LogP contribution in [0.15, 0.2) is 47.5 Å². The van der Waals surface area contributed by atoms with Crippen molar-refractivity contribution in [3.63, 3.8) is 0 Å². The van der Waals surface area contributed by atoms with Crippen molar-refractivity contribution < 1.29 is 13.2 Å². The van der Waals surface area contributed by atoms with E-state index in [1.54, 1.807) is 6.07 Å². The average Bonchev–Trinajstić information content (AvgIpc) is 2.56. The number of nitrogens with zero attached hydrogens (tertiary/aromatic N) is 2. The molecule has 0 aliphatic carbocycles. The Labute approximate surface area is 140 Å². The first-order valence-corrected chi connectivity index (χ1v) is 8.98. The van der Waals surface area contributed by atoms with Crippen LogP contribution >= 0.6 is 11.6 Å². The Morgan fingerprint density at radius 1 is 1.17 bits per heavy atom. The number of pyridine rings is 1. The molecule has 0 amide bonds. The zero-order valence-electron chi connectivity index (χ0n) is 12.3. The molecule has 1 fully saturated rings. The Bertz CT molecular complexity index is 775. The number of sulfonamides is 1. The van der Waals surface area contributed by atoms with Gasteiger partial charge in [-0.05, 0) is 30.3 Å². The standard InChI is InChI=1S/C15H16ClN3O3S/c16-15-5-4-14(11-17-15)23(20,21)18-12-2-1-3-13(10-12)19-6-8-22-9-7-19/h1-5,10-11,18H,6-9H2. The van der Waals surface area contributed by atoms with Crippen molar-refractivity contribution in [2.75, 3.05) is 35.9 Å². The summed E-state index contributed by atoms with van der Waals surface area (Å²) in [6.07, 6.45) is 1.23. The van der Waals surface area contributed by atoms with E-state index in [9.17, 15) is 8.42 Å². The lowest BCUT2D eigenvalue weighted by Crippen LogP contribution is -2.36. The number of ether oxygens (including phenoxy) is 1. The molecule has 1 N–H and O–H groups in total. The molecule has 0 saturated carbocycles. The predicted molar refractivity (Wildman–Crippen MR) is 89.5 cm³/mol. The molecule has 122 valence electrons. The largest absolute Gasteiger partial charge is 0.378 e. The van der Waals surface area contributed by atoms with Gasteiger partial charge in [-0.2, -0.15) is 0 Å². The van der Waals surface area contributed by atoms with Crippen LogP contribution in [0.5, 0.6) is 0 Å². The van der Waals surface area contributed by atoms with Crippen LogP contribution in [0.25, 0.3) is 0 Å². The lowest BCUT2D eigenvalue weighted by atomic mass is 10.2. The Kier molecular flexibility index (Phi) is 4.70. The number of nitrogens with one attached hydrogen (secondary N) is 1. The molecular formula is C15H16ClN3O3S. The molecule has 6 nitrogen and oxygen atoms in total. The van der Waals surface area contributed by atoms with Gasteiger partial charge in [0.25, 0.3) is 10.0 Å². The third-order valence-electron chi connectivity index (χ3n) is 3.49. The summed E-state index contributed by atoms with van der Waals surface area (Å²) < 4.78 is 32.6. The minimum absolute atomic E-state index is 0.0682. The fraction of sp³-hybridized carbons (Fsp3) is 0.267. The fourth-order valence-corrected chi connectivity index (χ4v) is 3.43. The molecular weight excluding hydrogens is 338 g/mol. The second-order valence-corrected chi connectivity index (χ2v) is 7.14. The van der Waals surface area contributed by atoms with Crippen LogP contribution in [0.4, 0.5) is 11.4 Å². The number of hydrogen-bond donors (Lipinski definition) is 1. The number of hydrogen-bond acceptors (Lipinski definition) is 5. The summed E-state index contributed by atoms with van der Waals surface area (Å²) in [5, 5.41) is 0.248. The zero-order chi connectivity index (χ0) is 16.3. The minimum Gasteiger partial charge on any atom is -0.378 e. The summed E-state index contributed by atoms with van der Waals surface area (Å²) in [6, 6.07) is 10.2. The molecule has 0 radical (unpaired) electrons. The molecule has 1 aromatic heterocycles. The van der Waals surface area contributed by atoms with E-state index in [1.165, 1.54) is 18.3 Å². The van der Waals surface area contributed by atoms with Crippen LogP contribution in [0.2, 0.25) is 5.15 Å². The van der Waals surface area contributed by atoms with Crippen LogP contribution in [0.1, 0.15) is 0 Å². The minimum atomic E-state index is -3.69. The highest BCUT2D eigenvalue weighted by Gasteiger charge is 2.16. The molecule has 8 heteroatoms. The maximum Gasteiger partial charge on any atom is 0.263 e. The maximum atomic E-state index is 12.4. The third-order valence-corrected chi connectivity index (χ3v) is 5.08. The van der Waals surface area contributed by atoms with E-state index in [1.807, 2.05) is 18.2 Å². The van der Waals surface area contributed by atoms with Gasteiger partial charge in [-0.1, -0.05) is 17.7 Å². The quantitative estimate of drug-likeness (QED) is 0.854. The maximum absolute atomic E-state index is 12.4. The van der Waals surface area contributed by atoms with E-state index in [2.05, 4.69) is 14.6 Å². The first-order valence-electron chi connectivity index (χ1n) is 7.12. The van der Waals surface area contributed by atoms with Crippen LogP contribution < -0.4 is 9.62 Å². The van der Waals surface area contributed by atoms with Gasteiger partial charge < -0.3 is 9.64 Å². The molecule has 23 heavy (non-hydrogen) atoms. The SMILES string of the molecule is O=S(=O)(Nc1cccc(N2CCOCC2)c1)c1ccc(Cl)nc1. The Morgan fingerprint density at radius 3 is 2.65 bits per heavy atom. The van der Waals surface area contributed by atoms with Crippen LogP contribution in [0.3, 0.4) is 0 Å². The Morgan fingerprint density at radius 2 is 1.96 bits per heavy atom. The van der Waals surface area contributed by atoms with Gasteiger partial charge in [0.2, 0.25) is 0 Å². The lowest BCUT2D eigenvalue weighted by Gasteiger charge is -2.29. The van der Waals surface area contributed by atoms with Crippen LogP contribution in [-0.2, 0) is 14.8 Å². The van der Waals surface area contributed by atoms with Crippen molar-refractivity contribution >= 4 is 33.0 Å². The molecule has 0 spiro atoms. The van der Waals surface area contributed by atoms with E-state index in [4.69, 9.17) is 16.3 Å². The van der Waals surface area contributed by atoms with Gasteiger partial charge in [0, 0.05) is 25.0 Å². The molecule has 1 saturated heterocycles. The van der Waals surface area contributed by atoms with E-state index in [0.717, 1.165) is 18.8 Å². The first kappa shape index (κ1) is 16.0. The number of rotatable bonds is 4. The number of morpholine rings is 1. The highest BCUT2D eigenvalue weighted by atomic mass is 35.5. The Hall–Kier alpha value is -1.83. The normalized spacial score (nSPS) is 15.4. The second-order valence-electron chi connectivity index (χ2n) is 5.07. The first-order chi connectivity index (χ1) is 11.0. The van der Waals surface area contributed by atoms with Gasteiger partial charge in [-0.25, -0.2) is 13.4 Å². The van der Waals surface area contributed by atoms with Gasteiger partial charge in [-0.15, -0.1) is 0 Å². The highest BCUT2D eigenvalue weighted by molar-refractivity contribution is 7.92. The van der Waals surface area contributed by atoms with Gasteiger partial charge in [0.1, 0.15) is 10.0 Å². The Balaban J connectivity index is 1.80. The van der Waals surface area contributed by atoms with Crippen LogP contribution in [0, 0.1) is 0 Å². The van der Waals surface area contributed by atoms with Crippen molar-refractivity contribution in [3.05, 3.63) is 47.7 Å². The third kappa shape index (κ3) is 3.93. The highest BCUT2D eigenvalue weighted by Crippen LogP contribution is 2.23. The second kappa shape index (κ2) is 6.74. The van der Waals surface area contributed by atoms with Crippen molar-refractivity contribution in [2.24, 2.45) is 0 Å². The summed E-state index contributed by atoms with van der Waals surface area (Å²) in [5.74, 6) is 0. The smallest absolute Gasteiger partial charge is 0.263 e. The summed E-state index contributed by atoms with van der Waals surface area (Å²) in [4.78, 5) is 6.03. The summed E-state index contributed by atoms with van der Waals surface area (Å²) >= 11 is 5.69. The van der Waals surface area contributed by atoms with Crippen LogP contribution in [-0.4, -0.2) is 39.7 Å². The van der Waals surface area contributed by atoms with Gasteiger partial charge in [0.05, 0.1) is 18.9 Å². The molecule has 0 atom stereocenters. The summed E-state index contributed by atoms with van der Waals surface area (Å²) in [7, 11) is -3.69. The molecule has 1 aromatic carbocycles. The van der Waals surface area contributed by atoms with E-state index >= 15 is 0 Å². The molecule has 0 unspecified atom stereocenters. The average molecular weight is 354 g/mol. The molecule has 1 aliphatic heterocycles. The fourth-order valence-electron chi connectivity index (χ4n) is 2.32. The molecule has 0 bridgehead atoms. The van der Waals surface area contributed by atoms with Crippen molar-refractivity contribution in [1.82, 2.24) is 4.98 Å². The van der Waals surface area contributed by atoms with Crippen molar-refractivity contribution in [3.8, 4) is 0 Å². The van der Waals surface area contributed by atoms with E-state index in [0.29, 0.717) is 18.9 Å². The van der Waals surface area contributed by atoms with Gasteiger partial charge in [0.15, 0.2) is 0 Å². The predicted octanol–water partition coefficient (Wildman–Crippen LogP) is 2.37. The molecule has 2 aromatic rings. The van der Waals surface area contributed by atoms with Gasteiger partial charge in [-0.3, -0.25) is 4.72 Å². The van der Waals surface area contributed by atoms with Crippen molar-refractivity contribution in [1.29, 1.82) is 0 Å². The van der Waals surface area contributed by atoms with E-state index < -0.39 is 10.0 Å². The molecule has 3 rings (SSSR count).